The highest BCUT2D eigenvalue weighted by Gasteiger charge is 2.06. The highest BCUT2D eigenvalue weighted by Crippen LogP contribution is 2.25. The number of aromatic amines is 1. The van der Waals surface area contributed by atoms with Crippen LogP contribution in [0, 0.1) is 0 Å². The summed E-state index contributed by atoms with van der Waals surface area (Å²) >= 11 is 3.26. The van der Waals surface area contributed by atoms with Crippen LogP contribution in [0.5, 0.6) is 5.75 Å². The Hall–Kier alpha value is -1.36. The number of benzene rings is 1. The van der Waals surface area contributed by atoms with Gasteiger partial charge in [-0.2, -0.15) is 4.98 Å². The number of nitrogens with zero attached hydrogens (tertiary/aromatic N) is 1. The van der Waals surface area contributed by atoms with E-state index >= 15 is 0 Å². The maximum atomic E-state index is 11.1. The smallest absolute Gasteiger partial charge is 0.346 e. The number of para-hydroxylation sites is 1. The van der Waals surface area contributed by atoms with Gasteiger partial charge in [-0.05, 0) is 28.1 Å². The molecule has 1 N–H and O–H groups in total. The minimum atomic E-state index is -0.395. The normalized spacial score (nSPS) is 10.4. The molecule has 0 aliphatic heterocycles. The zero-order valence-corrected chi connectivity index (χ0v) is 8.96. The van der Waals surface area contributed by atoms with Crippen molar-refractivity contribution >= 4 is 26.8 Å². The quantitative estimate of drug-likeness (QED) is 0.789. The number of rotatable bonds is 1. The standard InChI is InChI=1S/C9H7BrN2O2/c1-14-6-4-2-3-5-7(6)11-9(13)12-8(5)10/h2-4H,1H3,(H,11,12,13). The van der Waals surface area contributed by atoms with Crippen molar-refractivity contribution in [3.8, 4) is 5.75 Å². The molecule has 1 aromatic heterocycles. The average molecular weight is 255 g/mol. The number of methoxy groups -OCH3 is 1. The Kier molecular flexibility index (Phi) is 2.25. The number of H-pyrrole nitrogens is 1. The molecular formula is C9H7BrN2O2. The Morgan fingerprint density at radius 2 is 2.29 bits per heavy atom. The molecule has 14 heavy (non-hydrogen) atoms. The molecule has 0 saturated carbocycles. The molecule has 0 atom stereocenters. The van der Waals surface area contributed by atoms with Crippen molar-refractivity contribution < 1.29 is 4.74 Å². The molecule has 1 heterocycles. The number of halogens is 1. The van der Waals surface area contributed by atoms with Crippen LogP contribution in [0.4, 0.5) is 0 Å². The first-order valence-corrected chi connectivity index (χ1v) is 4.74. The highest BCUT2D eigenvalue weighted by molar-refractivity contribution is 9.10. The van der Waals surface area contributed by atoms with Crippen molar-refractivity contribution in [1.29, 1.82) is 0 Å². The van der Waals surface area contributed by atoms with E-state index in [1.807, 2.05) is 12.1 Å². The molecule has 0 fully saturated rings. The molecule has 0 aliphatic carbocycles. The SMILES string of the molecule is COc1cccc2c(Br)[nH]c(=O)nc12. The van der Waals surface area contributed by atoms with Crippen molar-refractivity contribution in [3.63, 3.8) is 0 Å². The fraction of sp³-hybridized carbons (Fsp3) is 0.111. The Morgan fingerprint density at radius 3 is 3.00 bits per heavy atom. The number of nitrogens with one attached hydrogen (secondary N) is 1. The lowest BCUT2D eigenvalue weighted by Gasteiger charge is -2.04. The number of hydrogen-bond donors (Lipinski definition) is 1. The van der Waals surface area contributed by atoms with Crippen LogP contribution in [0.2, 0.25) is 0 Å². The lowest BCUT2D eigenvalue weighted by atomic mass is 10.2. The van der Waals surface area contributed by atoms with E-state index < -0.39 is 5.69 Å². The van der Waals surface area contributed by atoms with E-state index in [0.717, 1.165) is 5.39 Å². The van der Waals surface area contributed by atoms with E-state index in [4.69, 9.17) is 4.74 Å². The van der Waals surface area contributed by atoms with Crippen molar-refractivity contribution in [2.24, 2.45) is 0 Å². The van der Waals surface area contributed by atoms with E-state index in [-0.39, 0.29) is 0 Å². The maximum absolute atomic E-state index is 11.1. The van der Waals surface area contributed by atoms with E-state index in [0.29, 0.717) is 15.9 Å². The second-order valence-electron chi connectivity index (χ2n) is 2.71. The molecule has 72 valence electrons. The second-order valence-corrected chi connectivity index (χ2v) is 3.51. The predicted molar refractivity (Wildman–Crippen MR) is 56.6 cm³/mol. The van der Waals surface area contributed by atoms with E-state index in [9.17, 15) is 4.79 Å². The highest BCUT2D eigenvalue weighted by atomic mass is 79.9. The largest absolute Gasteiger partial charge is 0.494 e. The van der Waals surface area contributed by atoms with Gasteiger partial charge in [0.1, 0.15) is 11.3 Å². The molecule has 0 aliphatic rings. The summed E-state index contributed by atoms with van der Waals surface area (Å²) < 4.78 is 5.72. The van der Waals surface area contributed by atoms with Gasteiger partial charge >= 0.3 is 5.69 Å². The molecule has 2 rings (SSSR count). The maximum Gasteiger partial charge on any atom is 0.346 e. The average Bonchev–Trinajstić information content (AvgIpc) is 2.17. The first-order valence-electron chi connectivity index (χ1n) is 3.95. The Bertz CT molecular complexity index is 536. The molecule has 0 unspecified atom stereocenters. The summed E-state index contributed by atoms with van der Waals surface area (Å²) in [5.41, 5.74) is 0.166. The van der Waals surface area contributed by atoms with Gasteiger partial charge < -0.3 is 4.74 Å². The molecule has 4 nitrogen and oxygen atoms in total. The summed E-state index contributed by atoms with van der Waals surface area (Å²) in [5.74, 6) is 0.592. The minimum Gasteiger partial charge on any atom is -0.494 e. The van der Waals surface area contributed by atoms with E-state index in [2.05, 4.69) is 25.9 Å². The number of hydrogen-bond acceptors (Lipinski definition) is 3. The summed E-state index contributed by atoms with van der Waals surface area (Å²) in [6.07, 6.45) is 0. The summed E-state index contributed by atoms with van der Waals surface area (Å²) in [5, 5.41) is 0.823. The van der Waals surface area contributed by atoms with Gasteiger partial charge in [0.2, 0.25) is 0 Å². The fourth-order valence-corrected chi connectivity index (χ4v) is 1.76. The van der Waals surface area contributed by atoms with Crippen LogP contribution < -0.4 is 10.4 Å². The van der Waals surface area contributed by atoms with Crippen LogP contribution in [-0.4, -0.2) is 17.1 Å². The monoisotopic (exact) mass is 254 g/mol. The lowest BCUT2D eigenvalue weighted by molar-refractivity contribution is 0.418. The predicted octanol–water partition coefficient (Wildman–Crippen LogP) is 1.69. The third kappa shape index (κ3) is 1.39. The Labute approximate surface area is 88.1 Å². The molecule has 0 spiro atoms. The molecule has 0 bridgehead atoms. The molecular weight excluding hydrogens is 248 g/mol. The van der Waals surface area contributed by atoms with Gasteiger partial charge in [0.25, 0.3) is 0 Å². The summed E-state index contributed by atoms with van der Waals surface area (Å²) in [7, 11) is 1.55. The van der Waals surface area contributed by atoms with Crippen molar-refractivity contribution in [3.05, 3.63) is 33.3 Å². The zero-order chi connectivity index (χ0) is 10.1. The summed E-state index contributed by atoms with van der Waals surface area (Å²) in [6, 6.07) is 5.46. The van der Waals surface area contributed by atoms with Gasteiger partial charge in [-0.1, -0.05) is 6.07 Å². The van der Waals surface area contributed by atoms with E-state index in [1.54, 1.807) is 13.2 Å². The zero-order valence-electron chi connectivity index (χ0n) is 7.37. The first kappa shape index (κ1) is 9.21. The van der Waals surface area contributed by atoms with Crippen LogP contribution in [0.25, 0.3) is 10.9 Å². The lowest BCUT2D eigenvalue weighted by Crippen LogP contribution is -2.10. The van der Waals surface area contributed by atoms with Crippen LogP contribution in [0.15, 0.2) is 27.6 Å². The number of ether oxygens (including phenoxy) is 1. The van der Waals surface area contributed by atoms with E-state index in [1.165, 1.54) is 0 Å². The van der Waals surface area contributed by atoms with Gasteiger partial charge in [-0.15, -0.1) is 0 Å². The van der Waals surface area contributed by atoms with Crippen LogP contribution in [0.3, 0.4) is 0 Å². The molecule has 2 aromatic rings. The van der Waals surface area contributed by atoms with Crippen molar-refractivity contribution in [2.45, 2.75) is 0 Å². The van der Waals surface area contributed by atoms with Crippen LogP contribution in [-0.2, 0) is 0 Å². The number of aromatic nitrogens is 2. The van der Waals surface area contributed by atoms with Gasteiger partial charge in [0, 0.05) is 5.39 Å². The van der Waals surface area contributed by atoms with Crippen LogP contribution >= 0.6 is 15.9 Å². The van der Waals surface area contributed by atoms with Crippen molar-refractivity contribution in [1.82, 2.24) is 9.97 Å². The molecule has 0 radical (unpaired) electrons. The van der Waals surface area contributed by atoms with Gasteiger partial charge in [-0.3, -0.25) is 4.98 Å². The Morgan fingerprint density at radius 1 is 1.50 bits per heavy atom. The summed E-state index contributed by atoms with van der Waals surface area (Å²) in [4.78, 5) is 17.5. The van der Waals surface area contributed by atoms with Gasteiger partial charge in [0.15, 0.2) is 0 Å². The van der Waals surface area contributed by atoms with Crippen molar-refractivity contribution in [2.75, 3.05) is 7.11 Å². The third-order valence-corrected chi connectivity index (χ3v) is 2.51. The van der Waals surface area contributed by atoms with Crippen LogP contribution in [0.1, 0.15) is 0 Å². The fourth-order valence-electron chi connectivity index (χ4n) is 1.27. The minimum absolute atomic E-state index is 0.395. The topological polar surface area (TPSA) is 55.0 Å². The number of fused-ring (bicyclic) bond motifs is 1. The molecule has 5 heteroatoms. The van der Waals surface area contributed by atoms with Gasteiger partial charge in [-0.25, -0.2) is 4.79 Å². The molecule has 0 saturated heterocycles. The first-order chi connectivity index (χ1) is 6.72. The molecule has 1 aromatic carbocycles. The summed E-state index contributed by atoms with van der Waals surface area (Å²) in [6.45, 7) is 0. The Balaban J connectivity index is 2.93. The molecule has 0 amide bonds. The van der Waals surface area contributed by atoms with Gasteiger partial charge in [0.05, 0.1) is 11.7 Å². The second kappa shape index (κ2) is 3.42. The third-order valence-electron chi connectivity index (χ3n) is 1.89.